The van der Waals surface area contributed by atoms with Gasteiger partial charge in [0.25, 0.3) is 0 Å². The molecule has 7 nitrogen and oxygen atoms in total. The van der Waals surface area contributed by atoms with Gasteiger partial charge in [-0.15, -0.1) is 0 Å². The molecular formula is C9H17NO6S. The molecule has 0 saturated carbocycles. The second-order valence-electron chi connectivity index (χ2n) is 3.94. The Balaban J connectivity index is 2.94. The average molecular weight is 267 g/mol. The monoisotopic (exact) mass is 267 g/mol. The molecular weight excluding hydrogens is 250 g/mol. The topological polar surface area (TPSA) is 133 Å². The Morgan fingerprint density at radius 3 is 2.47 bits per heavy atom. The van der Waals surface area contributed by atoms with E-state index in [2.05, 4.69) is 12.6 Å². The lowest BCUT2D eigenvalue weighted by Crippen LogP contribution is -2.71. The SMILES string of the molecule is N[C@@H]1[C@@H](O)[C@@H](O)[C@@H](CO)OC1(O)C(=O)CCS. The van der Waals surface area contributed by atoms with Crippen LogP contribution in [0.15, 0.2) is 0 Å². The van der Waals surface area contributed by atoms with Crippen LogP contribution in [0, 0.1) is 0 Å². The summed E-state index contributed by atoms with van der Waals surface area (Å²) in [5, 5.41) is 38.1. The van der Waals surface area contributed by atoms with Crippen molar-refractivity contribution in [3.8, 4) is 0 Å². The van der Waals surface area contributed by atoms with E-state index in [0.717, 1.165) is 0 Å². The fourth-order valence-corrected chi connectivity index (χ4v) is 1.92. The molecule has 1 unspecified atom stereocenters. The number of nitrogens with two attached hydrogens (primary N) is 1. The zero-order valence-electron chi connectivity index (χ0n) is 9.06. The maximum Gasteiger partial charge on any atom is 0.245 e. The van der Waals surface area contributed by atoms with Crippen LogP contribution in [0.4, 0.5) is 0 Å². The second kappa shape index (κ2) is 5.61. The van der Waals surface area contributed by atoms with Crippen molar-refractivity contribution in [2.45, 2.75) is 36.6 Å². The Labute approximate surface area is 104 Å². The third-order valence-electron chi connectivity index (χ3n) is 2.80. The lowest BCUT2D eigenvalue weighted by molar-refractivity contribution is -0.297. The molecule has 1 rings (SSSR count). The number of Topliss-reactive ketones (excluding diaryl/α,β-unsaturated/α-hetero) is 1. The summed E-state index contributed by atoms with van der Waals surface area (Å²) in [5.74, 6) is -2.97. The first-order valence-electron chi connectivity index (χ1n) is 5.15. The highest BCUT2D eigenvalue weighted by Crippen LogP contribution is 2.28. The van der Waals surface area contributed by atoms with Gasteiger partial charge in [-0.3, -0.25) is 4.79 Å². The maximum absolute atomic E-state index is 11.7. The number of rotatable bonds is 4. The first-order chi connectivity index (χ1) is 7.88. The third-order valence-corrected chi connectivity index (χ3v) is 3.02. The molecule has 1 aliphatic rings. The predicted molar refractivity (Wildman–Crippen MR) is 60.4 cm³/mol. The maximum atomic E-state index is 11.7. The zero-order chi connectivity index (χ0) is 13.2. The average Bonchev–Trinajstić information content (AvgIpc) is 2.31. The van der Waals surface area contributed by atoms with Crippen molar-refractivity contribution in [2.24, 2.45) is 5.73 Å². The van der Waals surface area contributed by atoms with Crippen LogP contribution in [0.1, 0.15) is 6.42 Å². The number of ether oxygens (including phenoxy) is 1. The van der Waals surface area contributed by atoms with Gasteiger partial charge in [0.15, 0.2) is 5.78 Å². The van der Waals surface area contributed by atoms with Crippen molar-refractivity contribution >= 4 is 18.4 Å². The van der Waals surface area contributed by atoms with Gasteiger partial charge >= 0.3 is 0 Å². The first kappa shape index (κ1) is 14.8. The van der Waals surface area contributed by atoms with E-state index in [-0.39, 0.29) is 12.2 Å². The van der Waals surface area contributed by atoms with Crippen molar-refractivity contribution in [3.63, 3.8) is 0 Å². The standard InChI is InChI=1S/C9H17NO6S/c10-8-7(14)6(13)4(3-11)16-9(8,15)5(12)1-2-17/h4,6-8,11,13-15,17H,1-3,10H2/t4-,6+,7+,8-,9?/m1/s1. The zero-order valence-corrected chi connectivity index (χ0v) is 9.96. The normalized spacial score (nSPS) is 42.5. The van der Waals surface area contributed by atoms with Gasteiger partial charge in [0.2, 0.25) is 5.79 Å². The summed E-state index contributed by atoms with van der Waals surface area (Å²) in [4.78, 5) is 11.7. The summed E-state index contributed by atoms with van der Waals surface area (Å²) >= 11 is 3.84. The molecule has 1 aliphatic heterocycles. The quantitative estimate of drug-likeness (QED) is 0.299. The van der Waals surface area contributed by atoms with Crippen molar-refractivity contribution in [1.29, 1.82) is 0 Å². The largest absolute Gasteiger partial charge is 0.394 e. The fraction of sp³-hybridized carbons (Fsp3) is 0.889. The van der Waals surface area contributed by atoms with Crippen molar-refractivity contribution in [1.82, 2.24) is 0 Å². The highest BCUT2D eigenvalue weighted by molar-refractivity contribution is 7.80. The minimum Gasteiger partial charge on any atom is -0.394 e. The highest BCUT2D eigenvalue weighted by atomic mass is 32.1. The van der Waals surface area contributed by atoms with Gasteiger partial charge in [-0.1, -0.05) is 0 Å². The summed E-state index contributed by atoms with van der Waals surface area (Å²) in [5.41, 5.74) is 5.48. The molecule has 8 heteroatoms. The third kappa shape index (κ3) is 2.63. The van der Waals surface area contributed by atoms with Gasteiger partial charge in [-0.05, 0) is 5.75 Å². The summed E-state index contributed by atoms with van der Waals surface area (Å²) in [6.07, 6.45) is -4.39. The molecule has 1 fully saturated rings. The molecule has 0 aliphatic carbocycles. The first-order valence-corrected chi connectivity index (χ1v) is 5.78. The van der Waals surface area contributed by atoms with E-state index in [9.17, 15) is 20.1 Å². The Kier molecular flexibility index (Phi) is 4.90. The van der Waals surface area contributed by atoms with Crippen LogP contribution >= 0.6 is 12.6 Å². The van der Waals surface area contributed by atoms with Crippen molar-refractivity contribution in [2.75, 3.05) is 12.4 Å². The van der Waals surface area contributed by atoms with Crippen LogP contribution in [-0.4, -0.2) is 68.7 Å². The summed E-state index contributed by atoms with van der Waals surface area (Å²) < 4.78 is 4.92. The Bertz CT molecular complexity index is 289. The smallest absolute Gasteiger partial charge is 0.245 e. The number of aliphatic hydroxyl groups is 4. The van der Waals surface area contributed by atoms with Gasteiger partial charge in [0.1, 0.15) is 18.3 Å². The van der Waals surface area contributed by atoms with Crippen LogP contribution < -0.4 is 5.73 Å². The molecule has 0 aromatic heterocycles. The van der Waals surface area contributed by atoms with Crippen LogP contribution in [0.25, 0.3) is 0 Å². The molecule has 0 spiro atoms. The van der Waals surface area contributed by atoms with Gasteiger partial charge in [0, 0.05) is 6.42 Å². The van der Waals surface area contributed by atoms with E-state index in [1.54, 1.807) is 0 Å². The van der Waals surface area contributed by atoms with Crippen LogP contribution in [0.3, 0.4) is 0 Å². The van der Waals surface area contributed by atoms with E-state index < -0.39 is 42.5 Å². The molecule has 17 heavy (non-hydrogen) atoms. The van der Waals surface area contributed by atoms with Gasteiger partial charge in [0.05, 0.1) is 12.6 Å². The summed E-state index contributed by atoms with van der Waals surface area (Å²) in [6, 6.07) is -1.48. The molecule has 1 saturated heterocycles. The molecule has 1 heterocycles. The van der Waals surface area contributed by atoms with E-state index in [4.69, 9.17) is 15.6 Å². The van der Waals surface area contributed by atoms with Crippen LogP contribution in [0.2, 0.25) is 0 Å². The number of ketones is 1. The van der Waals surface area contributed by atoms with E-state index in [1.807, 2.05) is 0 Å². The summed E-state index contributed by atoms with van der Waals surface area (Å²) in [6.45, 7) is -0.651. The molecule has 100 valence electrons. The minimum atomic E-state index is -2.41. The number of aliphatic hydroxyl groups excluding tert-OH is 3. The fourth-order valence-electron chi connectivity index (χ4n) is 1.72. The predicted octanol–water partition coefficient (Wildman–Crippen LogP) is -3.00. The number of carbonyl (C=O) groups excluding carboxylic acids is 1. The van der Waals surface area contributed by atoms with Gasteiger partial charge in [-0.2, -0.15) is 12.6 Å². The van der Waals surface area contributed by atoms with Crippen molar-refractivity contribution < 1.29 is 30.0 Å². The van der Waals surface area contributed by atoms with Gasteiger partial charge in [-0.25, -0.2) is 0 Å². The molecule has 0 amide bonds. The Morgan fingerprint density at radius 1 is 1.41 bits per heavy atom. The van der Waals surface area contributed by atoms with E-state index in [0.29, 0.717) is 0 Å². The van der Waals surface area contributed by atoms with E-state index in [1.165, 1.54) is 0 Å². The highest BCUT2D eigenvalue weighted by Gasteiger charge is 2.55. The molecule has 0 aromatic rings. The Hall–Kier alpha value is -0.220. The van der Waals surface area contributed by atoms with Crippen LogP contribution in [-0.2, 0) is 9.53 Å². The van der Waals surface area contributed by atoms with Gasteiger partial charge < -0.3 is 30.9 Å². The minimum absolute atomic E-state index is 0.103. The Morgan fingerprint density at radius 2 is 2.00 bits per heavy atom. The van der Waals surface area contributed by atoms with E-state index >= 15 is 0 Å². The molecule has 0 bridgehead atoms. The van der Waals surface area contributed by atoms with Crippen LogP contribution in [0.5, 0.6) is 0 Å². The molecule has 5 atom stereocenters. The second-order valence-corrected chi connectivity index (χ2v) is 4.39. The lowest BCUT2D eigenvalue weighted by Gasteiger charge is -2.45. The number of carbonyl (C=O) groups is 1. The van der Waals surface area contributed by atoms with Crippen molar-refractivity contribution in [3.05, 3.63) is 0 Å². The summed E-state index contributed by atoms with van der Waals surface area (Å²) in [7, 11) is 0. The number of hydrogen-bond donors (Lipinski definition) is 6. The molecule has 6 N–H and O–H groups in total. The molecule has 0 radical (unpaired) electrons. The number of hydrogen-bond acceptors (Lipinski definition) is 8. The molecule has 0 aromatic carbocycles. The lowest BCUT2D eigenvalue weighted by atomic mass is 9.88. The number of thiol groups is 1.